The van der Waals surface area contributed by atoms with Gasteiger partial charge in [-0.3, -0.25) is 9.59 Å². The number of aromatic nitrogens is 2. The summed E-state index contributed by atoms with van der Waals surface area (Å²) in [6, 6.07) is 16.2. The molecule has 164 valence electrons. The minimum atomic E-state index is -0.317. The lowest BCUT2D eigenvalue weighted by Crippen LogP contribution is -2.50. The summed E-state index contributed by atoms with van der Waals surface area (Å²) < 4.78 is 12.0. The van der Waals surface area contributed by atoms with E-state index in [1.54, 1.807) is 17.0 Å². The van der Waals surface area contributed by atoms with Crippen molar-refractivity contribution in [2.75, 3.05) is 37.9 Å². The van der Waals surface area contributed by atoms with Crippen molar-refractivity contribution >= 4 is 23.2 Å². The Balaban J connectivity index is 1.26. The third-order valence-electron chi connectivity index (χ3n) is 5.64. The number of benzene rings is 2. The molecular formula is C23H21ClN4O4. The minimum Gasteiger partial charge on any atom is -0.454 e. The summed E-state index contributed by atoms with van der Waals surface area (Å²) in [5.74, 6) is 1.19. The minimum absolute atomic E-state index is 0.0990. The predicted octanol–water partition coefficient (Wildman–Crippen LogP) is 2.64. The van der Waals surface area contributed by atoms with Gasteiger partial charge in [0.1, 0.15) is 6.54 Å². The summed E-state index contributed by atoms with van der Waals surface area (Å²) in [6.45, 7) is 2.68. The molecule has 1 saturated heterocycles. The Kier molecular flexibility index (Phi) is 5.45. The van der Waals surface area contributed by atoms with Crippen molar-refractivity contribution in [2.45, 2.75) is 6.54 Å². The lowest BCUT2D eigenvalue weighted by Gasteiger charge is -2.36. The van der Waals surface area contributed by atoms with Gasteiger partial charge in [0.05, 0.1) is 5.69 Å². The van der Waals surface area contributed by atoms with Crippen molar-refractivity contribution in [3.05, 3.63) is 70.0 Å². The van der Waals surface area contributed by atoms with Gasteiger partial charge in [0.25, 0.3) is 5.56 Å². The molecule has 0 aliphatic carbocycles. The molecule has 1 fully saturated rings. The van der Waals surface area contributed by atoms with Crippen molar-refractivity contribution in [1.82, 2.24) is 14.7 Å². The summed E-state index contributed by atoms with van der Waals surface area (Å²) in [5, 5.41) is 5.11. The largest absolute Gasteiger partial charge is 0.454 e. The van der Waals surface area contributed by atoms with E-state index in [0.717, 1.165) is 11.3 Å². The number of carbonyl (C=O) groups is 1. The Morgan fingerprint density at radius 1 is 0.938 bits per heavy atom. The monoisotopic (exact) mass is 452 g/mol. The van der Waals surface area contributed by atoms with Gasteiger partial charge < -0.3 is 19.3 Å². The molecule has 2 aliphatic heterocycles. The second kappa shape index (κ2) is 8.55. The second-order valence-electron chi connectivity index (χ2n) is 7.63. The maximum absolute atomic E-state index is 12.9. The second-order valence-corrected chi connectivity index (χ2v) is 8.06. The number of amides is 1. The molecule has 1 aromatic heterocycles. The highest BCUT2D eigenvalue weighted by atomic mass is 35.5. The van der Waals surface area contributed by atoms with Crippen molar-refractivity contribution in [3.63, 3.8) is 0 Å². The Morgan fingerprint density at radius 3 is 2.47 bits per heavy atom. The summed E-state index contributed by atoms with van der Waals surface area (Å²) in [4.78, 5) is 29.2. The molecule has 8 nitrogen and oxygen atoms in total. The Labute approximate surface area is 189 Å². The van der Waals surface area contributed by atoms with Gasteiger partial charge in [0.15, 0.2) is 11.5 Å². The lowest BCUT2D eigenvalue weighted by molar-refractivity contribution is -0.132. The molecule has 2 aromatic carbocycles. The SMILES string of the molecule is O=C(Cn1nc(-c2ccc3c(c2)OCO3)ccc1=O)N1CCN(c2ccc(Cl)cc2)CC1. The van der Waals surface area contributed by atoms with E-state index in [2.05, 4.69) is 10.00 Å². The van der Waals surface area contributed by atoms with E-state index in [1.807, 2.05) is 36.4 Å². The van der Waals surface area contributed by atoms with E-state index < -0.39 is 0 Å². The quantitative estimate of drug-likeness (QED) is 0.605. The maximum atomic E-state index is 12.9. The fourth-order valence-corrected chi connectivity index (χ4v) is 3.99. The number of nitrogens with zero attached hydrogens (tertiary/aromatic N) is 4. The summed E-state index contributed by atoms with van der Waals surface area (Å²) in [6.07, 6.45) is 0. The predicted molar refractivity (Wildman–Crippen MR) is 120 cm³/mol. The van der Waals surface area contributed by atoms with Gasteiger partial charge in [-0.2, -0.15) is 5.10 Å². The molecule has 2 aliphatic rings. The van der Waals surface area contributed by atoms with Gasteiger partial charge in [0, 0.05) is 48.5 Å². The zero-order valence-electron chi connectivity index (χ0n) is 17.2. The number of fused-ring (bicyclic) bond motifs is 1. The van der Waals surface area contributed by atoms with Crippen LogP contribution in [0.25, 0.3) is 11.3 Å². The molecule has 3 aromatic rings. The van der Waals surface area contributed by atoms with Crippen LogP contribution in [-0.4, -0.2) is 53.6 Å². The normalized spacial score (nSPS) is 15.2. The highest BCUT2D eigenvalue weighted by Crippen LogP contribution is 2.35. The average molecular weight is 453 g/mol. The van der Waals surface area contributed by atoms with Crippen LogP contribution >= 0.6 is 11.6 Å². The Hall–Kier alpha value is -3.52. The molecule has 0 unspecified atom stereocenters. The molecule has 5 rings (SSSR count). The third-order valence-corrected chi connectivity index (χ3v) is 5.90. The van der Waals surface area contributed by atoms with E-state index in [9.17, 15) is 9.59 Å². The fourth-order valence-electron chi connectivity index (χ4n) is 3.87. The maximum Gasteiger partial charge on any atom is 0.267 e. The first kappa shape index (κ1) is 20.4. The van der Waals surface area contributed by atoms with E-state index in [0.29, 0.717) is 48.4 Å². The summed E-state index contributed by atoms with van der Waals surface area (Å²) in [7, 11) is 0. The first-order valence-electron chi connectivity index (χ1n) is 10.3. The Morgan fingerprint density at radius 2 is 1.69 bits per heavy atom. The van der Waals surface area contributed by atoms with E-state index >= 15 is 0 Å². The highest BCUT2D eigenvalue weighted by Gasteiger charge is 2.22. The number of hydrogen-bond acceptors (Lipinski definition) is 6. The molecule has 0 saturated carbocycles. The first-order chi connectivity index (χ1) is 15.6. The average Bonchev–Trinajstić information content (AvgIpc) is 3.29. The molecule has 3 heterocycles. The first-order valence-corrected chi connectivity index (χ1v) is 10.7. The van der Waals surface area contributed by atoms with E-state index in [-0.39, 0.29) is 24.8 Å². The molecule has 0 N–H and O–H groups in total. The molecule has 32 heavy (non-hydrogen) atoms. The number of carbonyl (C=O) groups excluding carboxylic acids is 1. The number of anilines is 1. The fraction of sp³-hybridized carbons (Fsp3) is 0.261. The topological polar surface area (TPSA) is 76.9 Å². The molecule has 1 amide bonds. The van der Waals surface area contributed by atoms with E-state index in [4.69, 9.17) is 21.1 Å². The molecule has 0 spiro atoms. The third kappa shape index (κ3) is 4.13. The zero-order chi connectivity index (χ0) is 22.1. The summed E-state index contributed by atoms with van der Waals surface area (Å²) in [5.41, 5.74) is 2.13. The van der Waals surface area contributed by atoms with Gasteiger partial charge in [-0.25, -0.2) is 4.68 Å². The van der Waals surface area contributed by atoms with Crippen LogP contribution in [0.3, 0.4) is 0 Å². The molecule has 0 atom stereocenters. The number of rotatable bonds is 4. The van der Waals surface area contributed by atoms with Crippen LogP contribution in [0.1, 0.15) is 0 Å². The highest BCUT2D eigenvalue weighted by molar-refractivity contribution is 6.30. The number of halogens is 1. The van der Waals surface area contributed by atoms with Crippen LogP contribution in [0, 0.1) is 0 Å². The van der Waals surface area contributed by atoms with Crippen LogP contribution in [0.15, 0.2) is 59.4 Å². The lowest BCUT2D eigenvalue weighted by atomic mass is 10.1. The van der Waals surface area contributed by atoms with Crippen LogP contribution in [0.5, 0.6) is 11.5 Å². The van der Waals surface area contributed by atoms with Crippen molar-refractivity contribution in [3.8, 4) is 22.8 Å². The van der Waals surface area contributed by atoms with Crippen LogP contribution < -0.4 is 19.9 Å². The van der Waals surface area contributed by atoms with Crippen LogP contribution in [0.2, 0.25) is 5.02 Å². The number of ether oxygens (including phenoxy) is 2. The smallest absolute Gasteiger partial charge is 0.267 e. The molecule has 0 bridgehead atoms. The molecule has 9 heteroatoms. The van der Waals surface area contributed by atoms with Gasteiger partial charge in [-0.05, 0) is 48.5 Å². The van der Waals surface area contributed by atoms with Gasteiger partial charge >= 0.3 is 0 Å². The number of hydrogen-bond donors (Lipinski definition) is 0. The standard InChI is InChI=1S/C23H21ClN4O4/c24-17-2-4-18(5-3-17)26-9-11-27(12-10-26)23(30)14-28-22(29)8-6-19(25-28)16-1-7-20-21(13-16)32-15-31-20/h1-8,13H,9-12,14-15H2. The molecule has 0 radical (unpaired) electrons. The Bertz CT molecular complexity index is 1200. The van der Waals surface area contributed by atoms with Gasteiger partial charge in [0.2, 0.25) is 12.7 Å². The number of piperazine rings is 1. The zero-order valence-corrected chi connectivity index (χ0v) is 18.0. The summed E-state index contributed by atoms with van der Waals surface area (Å²) >= 11 is 5.96. The van der Waals surface area contributed by atoms with Crippen LogP contribution in [-0.2, 0) is 11.3 Å². The van der Waals surface area contributed by atoms with Crippen molar-refractivity contribution in [1.29, 1.82) is 0 Å². The van der Waals surface area contributed by atoms with Gasteiger partial charge in [-0.1, -0.05) is 11.6 Å². The van der Waals surface area contributed by atoms with E-state index in [1.165, 1.54) is 10.7 Å². The van der Waals surface area contributed by atoms with Crippen LogP contribution in [0.4, 0.5) is 5.69 Å². The van der Waals surface area contributed by atoms with Gasteiger partial charge in [-0.15, -0.1) is 0 Å². The van der Waals surface area contributed by atoms with Crippen molar-refractivity contribution in [2.24, 2.45) is 0 Å². The molecular weight excluding hydrogens is 432 g/mol. The van der Waals surface area contributed by atoms with Crippen molar-refractivity contribution < 1.29 is 14.3 Å².